The van der Waals surface area contributed by atoms with Crippen LogP contribution in [0.15, 0.2) is 12.1 Å². The van der Waals surface area contributed by atoms with Crippen LogP contribution in [0.1, 0.15) is 45.6 Å². The van der Waals surface area contributed by atoms with Crippen molar-refractivity contribution in [2.75, 3.05) is 7.11 Å². The van der Waals surface area contributed by atoms with Gasteiger partial charge in [0.15, 0.2) is 0 Å². The van der Waals surface area contributed by atoms with Gasteiger partial charge in [0.1, 0.15) is 5.75 Å². The molecule has 2 aliphatic rings. The summed E-state index contributed by atoms with van der Waals surface area (Å²) in [6.45, 7) is 6.99. The summed E-state index contributed by atoms with van der Waals surface area (Å²) in [4.78, 5) is 0. The fourth-order valence-electron chi connectivity index (χ4n) is 3.92. The fourth-order valence-corrected chi connectivity index (χ4v) is 4.38. The second kappa shape index (κ2) is 6.11. The van der Waals surface area contributed by atoms with Crippen LogP contribution in [0.5, 0.6) is 5.75 Å². The van der Waals surface area contributed by atoms with Gasteiger partial charge in [-0.3, -0.25) is 0 Å². The summed E-state index contributed by atoms with van der Waals surface area (Å²) in [6.07, 6.45) is 3.15. The van der Waals surface area contributed by atoms with Crippen LogP contribution >= 0.6 is 23.2 Å². The van der Waals surface area contributed by atoms with Crippen molar-refractivity contribution in [3.63, 3.8) is 0 Å². The van der Waals surface area contributed by atoms with E-state index < -0.39 is 0 Å². The van der Waals surface area contributed by atoms with Crippen LogP contribution < -0.4 is 4.74 Å². The molecule has 0 radical (unpaired) electrons. The van der Waals surface area contributed by atoms with Gasteiger partial charge in [0.2, 0.25) is 0 Å². The Morgan fingerprint density at radius 3 is 2.57 bits per heavy atom. The third kappa shape index (κ3) is 2.86. The standard InChI is InChI=1S/C18H24Cl2O3/c1-11(2)18-8-7-17(3,23-18)15(9-18)22-10-12-13(19)5-6-14(20)16(12)21-4/h5-6,11,15H,7-10H2,1-4H3/t15-,17+,18-/m0/s1. The topological polar surface area (TPSA) is 27.7 Å². The van der Waals surface area contributed by atoms with Gasteiger partial charge in [0, 0.05) is 17.0 Å². The monoisotopic (exact) mass is 358 g/mol. The minimum Gasteiger partial charge on any atom is -0.495 e. The highest BCUT2D eigenvalue weighted by Crippen LogP contribution is 2.55. The number of hydrogen-bond donors (Lipinski definition) is 0. The lowest BCUT2D eigenvalue weighted by Gasteiger charge is -2.31. The highest BCUT2D eigenvalue weighted by molar-refractivity contribution is 6.34. The van der Waals surface area contributed by atoms with Crippen LogP contribution in [0.25, 0.3) is 0 Å². The van der Waals surface area contributed by atoms with E-state index in [2.05, 4.69) is 20.8 Å². The van der Waals surface area contributed by atoms with Gasteiger partial charge >= 0.3 is 0 Å². The molecule has 0 N–H and O–H groups in total. The number of methoxy groups -OCH3 is 1. The Kier molecular flexibility index (Phi) is 4.61. The minimum absolute atomic E-state index is 0.0400. The van der Waals surface area contributed by atoms with Crippen molar-refractivity contribution in [1.29, 1.82) is 0 Å². The predicted molar refractivity (Wildman–Crippen MR) is 92.5 cm³/mol. The molecule has 3 nitrogen and oxygen atoms in total. The van der Waals surface area contributed by atoms with Crippen LogP contribution in [-0.2, 0) is 16.1 Å². The van der Waals surface area contributed by atoms with Crippen LogP contribution in [0.3, 0.4) is 0 Å². The molecule has 2 fully saturated rings. The van der Waals surface area contributed by atoms with Crippen molar-refractivity contribution < 1.29 is 14.2 Å². The van der Waals surface area contributed by atoms with E-state index in [4.69, 9.17) is 37.4 Å². The van der Waals surface area contributed by atoms with Crippen LogP contribution in [-0.4, -0.2) is 24.4 Å². The van der Waals surface area contributed by atoms with Gasteiger partial charge < -0.3 is 14.2 Å². The number of rotatable bonds is 5. The Hall–Kier alpha value is -0.480. The fraction of sp³-hybridized carbons (Fsp3) is 0.667. The molecule has 0 spiro atoms. The highest BCUT2D eigenvalue weighted by atomic mass is 35.5. The molecular weight excluding hydrogens is 335 g/mol. The average molecular weight is 359 g/mol. The first-order valence-corrected chi connectivity index (χ1v) is 8.89. The zero-order chi connectivity index (χ0) is 16.8. The zero-order valence-electron chi connectivity index (χ0n) is 14.1. The van der Waals surface area contributed by atoms with E-state index >= 15 is 0 Å². The number of fused-ring (bicyclic) bond motifs is 2. The first-order chi connectivity index (χ1) is 10.8. The summed E-state index contributed by atoms with van der Waals surface area (Å²) in [5.41, 5.74) is 0.552. The normalized spacial score (nSPS) is 32.7. The molecule has 0 unspecified atom stereocenters. The van der Waals surface area contributed by atoms with Crippen molar-refractivity contribution in [3.05, 3.63) is 27.7 Å². The third-order valence-electron chi connectivity index (χ3n) is 5.53. The van der Waals surface area contributed by atoms with E-state index in [-0.39, 0.29) is 17.3 Å². The average Bonchev–Trinajstić information content (AvgIpc) is 3.00. The molecule has 1 aromatic rings. The van der Waals surface area contributed by atoms with Gasteiger partial charge in [0.05, 0.1) is 36.0 Å². The maximum atomic E-state index is 6.41. The molecule has 23 heavy (non-hydrogen) atoms. The van der Waals surface area contributed by atoms with Gasteiger partial charge in [-0.1, -0.05) is 37.0 Å². The number of hydrogen-bond acceptors (Lipinski definition) is 3. The van der Waals surface area contributed by atoms with E-state index in [0.29, 0.717) is 28.3 Å². The molecule has 5 heteroatoms. The summed E-state index contributed by atoms with van der Waals surface area (Å²) in [6, 6.07) is 3.52. The van der Waals surface area contributed by atoms with Crippen molar-refractivity contribution in [2.24, 2.45) is 5.92 Å². The van der Waals surface area contributed by atoms with Crippen molar-refractivity contribution >= 4 is 23.2 Å². The van der Waals surface area contributed by atoms with Crippen molar-refractivity contribution in [2.45, 2.75) is 63.9 Å². The van der Waals surface area contributed by atoms with Gasteiger partial charge in [0.25, 0.3) is 0 Å². The molecular formula is C18H24Cl2O3. The molecule has 2 saturated heterocycles. The lowest BCUT2D eigenvalue weighted by molar-refractivity contribution is -0.0961. The molecule has 0 amide bonds. The summed E-state index contributed by atoms with van der Waals surface area (Å²) < 4.78 is 18.0. The Morgan fingerprint density at radius 2 is 1.96 bits per heavy atom. The molecule has 2 aliphatic heterocycles. The molecule has 0 aromatic heterocycles. The summed E-state index contributed by atoms with van der Waals surface area (Å²) in [7, 11) is 1.59. The molecule has 3 atom stereocenters. The molecule has 1 aromatic carbocycles. The first kappa shape index (κ1) is 17.3. The minimum atomic E-state index is -0.206. The Labute approximate surface area is 148 Å². The SMILES string of the molecule is COc1c(Cl)ccc(Cl)c1CO[C@H]1C[C@]2(C(C)C)CC[C@@]1(C)O2. The number of benzene rings is 1. The lowest BCUT2D eigenvalue weighted by Crippen LogP contribution is -2.38. The number of halogens is 2. The third-order valence-corrected chi connectivity index (χ3v) is 6.19. The molecule has 2 heterocycles. The maximum absolute atomic E-state index is 6.41. The predicted octanol–water partition coefficient (Wildman–Crippen LogP) is 5.25. The Bertz CT molecular complexity index is 604. The number of ether oxygens (including phenoxy) is 3. The summed E-state index contributed by atoms with van der Waals surface area (Å²) in [5, 5.41) is 1.16. The van der Waals surface area contributed by atoms with Gasteiger partial charge in [-0.05, 0) is 37.8 Å². The van der Waals surface area contributed by atoms with E-state index in [0.717, 1.165) is 24.8 Å². The Balaban J connectivity index is 1.77. The van der Waals surface area contributed by atoms with Gasteiger partial charge in [-0.2, -0.15) is 0 Å². The van der Waals surface area contributed by atoms with Crippen molar-refractivity contribution in [1.82, 2.24) is 0 Å². The van der Waals surface area contributed by atoms with E-state index in [9.17, 15) is 0 Å². The molecule has 3 rings (SSSR count). The van der Waals surface area contributed by atoms with Gasteiger partial charge in [-0.25, -0.2) is 0 Å². The molecule has 0 saturated carbocycles. The van der Waals surface area contributed by atoms with Crippen molar-refractivity contribution in [3.8, 4) is 5.75 Å². The summed E-state index contributed by atoms with van der Waals surface area (Å²) >= 11 is 12.5. The molecule has 0 aliphatic carbocycles. The maximum Gasteiger partial charge on any atom is 0.144 e. The van der Waals surface area contributed by atoms with Crippen LogP contribution in [0.4, 0.5) is 0 Å². The van der Waals surface area contributed by atoms with Gasteiger partial charge in [-0.15, -0.1) is 0 Å². The second-order valence-corrected chi connectivity index (χ2v) is 7.99. The smallest absolute Gasteiger partial charge is 0.144 e. The van der Waals surface area contributed by atoms with E-state index in [1.165, 1.54) is 0 Å². The zero-order valence-corrected chi connectivity index (χ0v) is 15.6. The summed E-state index contributed by atoms with van der Waals surface area (Å²) in [5.74, 6) is 1.08. The first-order valence-electron chi connectivity index (χ1n) is 8.14. The molecule has 128 valence electrons. The lowest BCUT2D eigenvalue weighted by atomic mass is 9.75. The highest BCUT2D eigenvalue weighted by Gasteiger charge is 2.60. The Morgan fingerprint density at radius 1 is 1.26 bits per heavy atom. The second-order valence-electron chi connectivity index (χ2n) is 7.18. The van der Waals surface area contributed by atoms with Crippen LogP contribution in [0, 0.1) is 5.92 Å². The molecule has 2 bridgehead atoms. The largest absolute Gasteiger partial charge is 0.495 e. The van der Waals surface area contributed by atoms with E-state index in [1.54, 1.807) is 19.2 Å². The van der Waals surface area contributed by atoms with Crippen LogP contribution in [0.2, 0.25) is 10.0 Å². The quantitative estimate of drug-likeness (QED) is 0.718. The van der Waals surface area contributed by atoms with E-state index in [1.807, 2.05) is 0 Å².